The minimum absolute atomic E-state index is 0.0872. The minimum atomic E-state index is -3.56. The maximum Gasteiger partial charge on any atom is 0.243 e. The molecule has 0 heterocycles. The van der Waals surface area contributed by atoms with E-state index >= 15 is 0 Å². The van der Waals surface area contributed by atoms with E-state index in [0.717, 1.165) is 42.4 Å². The summed E-state index contributed by atoms with van der Waals surface area (Å²) in [6.45, 7) is 2.32. The van der Waals surface area contributed by atoms with Gasteiger partial charge in [0.25, 0.3) is 0 Å². The molecule has 2 amide bonds. The molecule has 44 heavy (non-hydrogen) atoms. The first kappa shape index (κ1) is 33.1. The van der Waals surface area contributed by atoms with Crippen LogP contribution in [0.3, 0.4) is 0 Å². The van der Waals surface area contributed by atoms with Crippen molar-refractivity contribution in [3.05, 3.63) is 95.6 Å². The van der Waals surface area contributed by atoms with Crippen molar-refractivity contribution in [2.75, 3.05) is 24.2 Å². The fourth-order valence-corrected chi connectivity index (χ4v) is 6.75. The zero-order valence-corrected chi connectivity index (χ0v) is 26.9. The van der Waals surface area contributed by atoms with Crippen LogP contribution in [-0.2, 0) is 32.6 Å². The van der Waals surface area contributed by atoms with Gasteiger partial charge in [0.2, 0.25) is 21.8 Å². The summed E-state index contributed by atoms with van der Waals surface area (Å²) in [5.41, 5.74) is 3.40. The normalized spacial score (nSPS) is 14.4. The van der Waals surface area contributed by atoms with Crippen LogP contribution >= 0.6 is 0 Å². The average Bonchev–Trinajstić information content (AvgIpc) is 3.02. The number of hydrogen-bond acceptors (Lipinski definition) is 5. The van der Waals surface area contributed by atoms with Crippen LogP contribution in [0.2, 0.25) is 0 Å². The van der Waals surface area contributed by atoms with E-state index in [9.17, 15) is 18.0 Å². The average molecular weight is 620 g/mol. The van der Waals surface area contributed by atoms with E-state index in [4.69, 9.17) is 4.74 Å². The van der Waals surface area contributed by atoms with Crippen LogP contribution < -0.4 is 14.4 Å². The van der Waals surface area contributed by atoms with Gasteiger partial charge >= 0.3 is 0 Å². The number of carbonyl (C=O) groups excluding carboxylic acids is 2. The molecule has 0 saturated heterocycles. The molecule has 236 valence electrons. The lowest BCUT2D eigenvalue weighted by Crippen LogP contribution is -2.52. The highest BCUT2D eigenvalue weighted by Gasteiger charge is 2.32. The standard InChI is InChI=1S/C35H45N3O5S/c1-27-19-21-31(22-20-27)38(44(3,41)42)23-11-18-34(39)37(26-29-14-10-17-32(24-29)43-2)33(25-28-12-6-4-7-13-28)35(40)36-30-15-8-5-9-16-30/h4,6-7,10,12-14,17,19-22,24,30,33H,5,8-9,11,15-16,18,23,25-26H2,1-3H3,(H,36,40). The van der Waals surface area contributed by atoms with E-state index in [1.165, 1.54) is 17.0 Å². The first-order valence-corrected chi connectivity index (χ1v) is 17.3. The summed E-state index contributed by atoms with van der Waals surface area (Å²) < 4.78 is 32.1. The highest BCUT2D eigenvalue weighted by atomic mass is 32.2. The highest BCUT2D eigenvalue weighted by Crippen LogP contribution is 2.23. The fourth-order valence-electron chi connectivity index (χ4n) is 5.78. The quantitative estimate of drug-likeness (QED) is 0.252. The molecule has 1 fully saturated rings. The number of ether oxygens (including phenoxy) is 1. The Morgan fingerprint density at radius 3 is 2.27 bits per heavy atom. The number of rotatable bonds is 14. The van der Waals surface area contributed by atoms with Crippen LogP contribution in [0.1, 0.15) is 61.6 Å². The van der Waals surface area contributed by atoms with Gasteiger partial charge < -0.3 is 15.0 Å². The number of nitrogens with zero attached hydrogens (tertiary/aromatic N) is 2. The van der Waals surface area contributed by atoms with Gasteiger partial charge in [-0.2, -0.15) is 0 Å². The first-order valence-electron chi connectivity index (χ1n) is 15.4. The predicted octanol–water partition coefficient (Wildman–Crippen LogP) is 5.64. The lowest BCUT2D eigenvalue weighted by atomic mass is 9.94. The molecule has 4 rings (SSSR count). The van der Waals surface area contributed by atoms with Gasteiger partial charge in [0.05, 0.1) is 19.1 Å². The zero-order valence-electron chi connectivity index (χ0n) is 26.1. The topological polar surface area (TPSA) is 96.0 Å². The maximum absolute atomic E-state index is 14.1. The van der Waals surface area contributed by atoms with Crippen molar-refractivity contribution in [1.29, 1.82) is 0 Å². The molecule has 0 aromatic heterocycles. The van der Waals surface area contributed by atoms with E-state index < -0.39 is 16.1 Å². The number of anilines is 1. The Kier molecular flexibility index (Phi) is 11.8. The first-order chi connectivity index (χ1) is 21.1. The third kappa shape index (κ3) is 9.58. The SMILES string of the molecule is COc1cccc(CN(C(=O)CCCN(c2ccc(C)cc2)S(C)(=O)=O)C(Cc2ccccc2)C(=O)NC2CCCCC2)c1. The second kappa shape index (κ2) is 15.7. The molecule has 1 aliphatic rings. The molecule has 1 aliphatic carbocycles. The third-order valence-corrected chi connectivity index (χ3v) is 9.38. The number of methoxy groups -OCH3 is 1. The van der Waals surface area contributed by atoms with Gasteiger partial charge in [-0.1, -0.05) is 79.4 Å². The van der Waals surface area contributed by atoms with E-state index in [2.05, 4.69) is 5.32 Å². The summed E-state index contributed by atoms with van der Waals surface area (Å²) in [5.74, 6) is 0.308. The summed E-state index contributed by atoms with van der Waals surface area (Å²) in [6.07, 6.45) is 7.15. The largest absolute Gasteiger partial charge is 0.497 e. The highest BCUT2D eigenvalue weighted by molar-refractivity contribution is 7.92. The molecule has 9 heteroatoms. The molecule has 8 nitrogen and oxygen atoms in total. The van der Waals surface area contributed by atoms with Crippen LogP contribution in [0.4, 0.5) is 5.69 Å². The molecule has 1 unspecified atom stereocenters. The van der Waals surface area contributed by atoms with Crippen LogP contribution in [0.25, 0.3) is 0 Å². The Hall–Kier alpha value is -3.85. The van der Waals surface area contributed by atoms with E-state index in [1.807, 2.05) is 73.7 Å². The molecular weight excluding hydrogens is 574 g/mol. The van der Waals surface area contributed by atoms with Crippen molar-refractivity contribution in [3.8, 4) is 5.75 Å². The Morgan fingerprint density at radius 2 is 1.61 bits per heavy atom. The third-order valence-electron chi connectivity index (χ3n) is 8.18. The van der Waals surface area contributed by atoms with Crippen molar-refractivity contribution in [2.24, 2.45) is 0 Å². The monoisotopic (exact) mass is 619 g/mol. The summed E-state index contributed by atoms with van der Waals surface area (Å²) in [7, 11) is -1.97. The second-order valence-electron chi connectivity index (χ2n) is 11.7. The van der Waals surface area contributed by atoms with Gasteiger partial charge in [0, 0.05) is 32.0 Å². The summed E-state index contributed by atoms with van der Waals surface area (Å²) >= 11 is 0. The molecular formula is C35H45N3O5S. The minimum Gasteiger partial charge on any atom is -0.497 e. The van der Waals surface area contributed by atoms with Crippen molar-refractivity contribution >= 4 is 27.5 Å². The molecule has 3 aromatic carbocycles. The summed E-state index contributed by atoms with van der Waals surface area (Å²) in [6, 6.07) is 23.9. The Morgan fingerprint density at radius 1 is 0.932 bits per heavy atom. The summed E-state index contributed by atoms with van der Waals surface area (Å²) in [5, 5.41) is 3.26. The van der Waals surface area contributed by atoms with Crippen LogP contribution in [0.15, 0.2) is 78.9 Å². The van der Waals surface area contributed by atoms with Crippen molar-refractivity contribution in [3.63, 3.8) is 0 Å². The Labute approximate surface area is 262 Å². The molecule has 0 radical (unpaired) electrons. The number of nitrogens with one attached hydrogen (secondary N) is 1. The lowest BCUT2D eigenvalue weighted by molar-refractivity contribution is -0.141. The molecule has 1 N–H and O–H groups in total. The van der Waals surface area contributed by atoms with Crippen LogP contribution in [0, 0.1) is 6.92 Å². The Bertz CT molecular complexity index is 1470. The molecule has 3 aromatic rings. The van der Waals surface area contributed by atoms with Crippen molar-refractivity contribution < 1.29 is 22.7 Å². The van der Waals surface area contributed by atoms with Gasteiger partial charge in [-0.3, -0.25) is 13.9 Å². The lowest BCUT2D eigenvalue weighted by Gasteiger charge is -2.34. The second-order valence-corrected chi connectivity index (χ2v) is 13.6. The fraction of sp³-hybridized carbons (Fsp3) is 0.429. The summed E-state index contributed by atoms with van der Waals surface area (Å²) in [4.78, 5) is 29.7. The Balaban J connectivity index is 1.60. The van der Waals surface area contributed by atoms with Gasteiger partial charge in [0.1, 0.15) is 11.8 Å². The molecule has 1 saturated carbocycles. The number of benzene rings is 3. The van der Waals surface area contributed by atoms with Crippen LogP contribution in [-0.4, -0.2) is 57.1 Å². The van der Waals surface area contributed by atoms with E-state index in [1.54, 1.807) is 24.1 Å². The van der Waals surface area contributed by atoms with E-state index in [-0.39, 0.29) is 37.4 Å². The number of aryl methyl sites for hydroxylation is 1. The van der Waals surface area contributed by atoms with Gasteiger partial charge in [-0.05, 0) is 61.6 Å². The predicted molar refractivity (Wildman–Crippen MR) is 175 cm³/mol. The van der Waals surface area contributed by atoms with E-state index in [0.29, 0.717) is 24.3 Å². The number of hydrogen-bond donors (Lipinski definition) is 1. The smallest absolute Gasteiger partial charge is 0.243 e. The number of sulfonamides is 1. The zero-order chi connectivity index (χ0) is 31.5. The maximum atomic E-state index is 14.1. The molecule has 1 atom stereocenters. The molecule has 0 aliphatic heterocycles. The van der Waals surface area contributed by atoms with Crippen molar-refractivity contribution in [1.82, 2.24) is 10.2 Å². The number of carbonyl (C=O) groups is 2. The molecule has 0 bridgehead atoms. The molecule has 0 spiro atoms. The van der Waals surface area contributed by atoms with Crippen molar-refractivity contribution in [2.45, 2.75) is 76.9 Å². The van der Waals surface area contributed by atoms with Gasteiger partial charge in [-0.15, -0.1) is 0 Å². The van der Waals surface area contributed by atoms with Crippen LogP contribution in [0.5, 0.6) is 5.75 Å². The van der Waals surface area contributed by atoms with Gasteiger partial charge in [-0.25, -0.2) is 8.42 Å². The van der Waals surface area contributed by atoms with Gasteiger partial charge in [0.15, 0.2) is 0 Å². The number of amides is 2.